The monoisotopic (exact) mass is 258 g/mol. The highest BCUT2D eigenvalue weighted by molar-refractivity contribution is 7.99. The standard InChI is InChI=1S/C12H22N2S2/c1-6-13-12(4,5)10-7-16-11(14-10)8-15-9(2)3/h7,9,13H,6,8H2,1-5H3. The van der Waals surface area contributed by atoms with Gasteiger partial charge in [0.2, 0.25) is 0 Å². The quantitative estimate of drug-likeness (QED) is 0.843. The molecule has 1 aromatic rings. The lowest BCUT2D eigenvalue weighted by molar-refractivity contribution is 0.405. The van der Waals surface area contributed by atoms with Crippen molar-refractivity contribution in [2.45, 2.75) is 51.2 Å². The van der Waals surface area contributed by atoms with Crippen LogP contribution < -0.4 is 5.32 Å². The Bertz CT molecular complexity index is 319. The molecule has 0 radical (unpaired) electrons. The predicted octanol–water partition coefficient (Wildman–Crippen LogP) is 3.63. The van der Waals surface area contributed by atoms with Gasteiger partial charge < -0.3 is 5.32 Å². The number of hydrogen-bond donors (Lipinski definition) is 1. The first-order valence-electron chi connectivity index (χ1n) is 5.77. The van der Waals surface area contributed by atoms with E-state index in [4.69, 9.17) is 4.98 Å². The number of rotatable bonds is 6. The summed E-state index contributed by atoms with van der Waals surface area (Å²) in [6, 6.07) is 0. The van der Waals surface area contributed by atoms with Crippen molar-refractivity contribution < 1.29 is 0 Å². The number of nitrogens with one attached hydrogen (secondary N) is 1. The van der Waals surface area contributed by atoms with E-state index in [1.807, 2.05) is 11.8 Å². The third-order valence-electron chi connectivity index (χ3n) is 2.35. The van der Waals surface area contributed by atoms with Gasteiger partial charge in [-0.1, -0.05) is 20.8 Å². The van der Waals surface area contributed by atoms with Crippen molar-refractivity contribution in [1.82, 2.24) is 10.3 Å². The van der Waals surface area contributed by atoms with E-state index in [0.29, 0.717) is 5.25 Å². The lowest BCUT2D eigenvalue weighted by atomic mass is 10.0. The Balaban J connectivity index is 2.63. The maximum atomic E-state index is 4.71. The second-order valence-corrected chi connectivity index (χ2v) is 7.15. The lowest BCUT2D eigenvalue weighted by Gasteiger charge is -2.23. The minimum Gasteiger partial charge on any atom is -0.307 e. The number of hydrogen-bond acceptors (Lipinski definition) is 4. The Hall–Kier alpha value is -0.0600. The van der Waals surface area contributed by atoms with Crippen LogP contribution in [0.2, 0.25) is 0 Å². The molecule has 0 aromatic carbocycles. The van der Waals surface area contributed by atoms with E-state index < -0.39 is 0 Å². The Kier molecular flexibility index (Phi) is 5.28. The minimum atomic E-state index is -0.00794. The van der Waals surface area contributed by atoms with E-state index in [9.17, 15) is 0 Å². The van der Waals surface area contributed by atoms with Gasteiger partial charge in [-0.3, -0.25) is 0 Å². The molecule has 0 saturated carbocycles. The molecule has 0 unspecified atom stereocenters. The minimum absolute atomic E-state index is 0.00794. The molecule has 0 atom stereocenters. The Labute approximate surface area is 107 Å². The average Bonchev–Trinajstić information content (AvgIpc) is 2.63. The summed E-state index contributed by atoms with van der Waals surface area (Å²) in [6.07, 6.45) is 0. The molecule has 1 aromatic heterocycles. The number of thiazole rings is 1. The van der Waals surface area contributed by atoms with Crippen LogP contribution in [0.25, 0.3) is 0 Å². The fourth-order valence-electron chi connectivity index (χ4n) is 1.43. The van der Waals surface area contributed by atoms with Gasteiger partial charge in [-0.2, -0.15) is 11.8 Å². The van der Waals surface area contributed by atoms with Crippen LogP contribution in [0.5, 0.6) is 0 Å². The van der Waals surface area contributed by atoms with Crippen LogP contribution in [-0.4, -0.2) is 16.8 Å². The van der Waals surface area contributed by atoms with Gasteiger partial charge in [0.25, 0.3) is 0 Å². The van der Waals surface area contributed by atoms with Crippen molar-refractivity contribution >= 4 is 23.1 Å². The Morgan fingerprint density at radius 1 is 1.50 bits per heavy atom. The summed E-state index contributed by atoms with van der Waals surface area (Å²) in [4.78, 5) is 4.71. The van der Waals surface area contributed by atoms with Crippen LogP contribution in [0, 0.1) is 0 Å². The first-order valence-corrected chi connectivity index (χ1v) is 7.70. The highest BCUT2D eigenvalue weighted by Gasteiger charge is 2.22. The molecular formula is C12H22N2S2. The molecule has 0 spiro atoms. The van der Waals surface area contributed by atoms with E-state index in [1.54, 1.807) is 11.3 Å². The molecule has 1 N–H and O–H groups in total. The van der Waals surface area contributed by atoms with E-state index in [1.165, 1.54) is 10.7 Å². The van der Waals surface area contributed by atoms with Crippen molar-refractivity contribution in [2.24, 2.45) is 0 Å². The summed E-state index contributed by atoms with van der Waals surface area (Å²) in [6.45, 7) is 11.9. The van der Waals surface area contributed by atoms with Gasteiger partial charge in [0, 0.05) is 11.1 Å². The maximum absolute atomic E-state index is 4.71. The third kappa shape index (κ3) is 4.07. The summed E-state index contributed by atoms with van der Waals surface area (Å²) in [5.41, 5.74) is 1.16. The van der Waals surface area contributed by atoms with Crippen molar-refractivity contribution in [3.05, 3.63) is 16.1 Å². The molecule has 2 nitrogen and oxygen atoms in total. The molecule has 1 rings (SSSR count). The normalized spacial score (nSPS) is 12.4. The summed E-state index contributed by atoms with van der Waals surface area (Å²) in [5, 5.41) is 7.54. The van der Waals surface area contributed by atoms with Crippen molar-refractivity contribution in [3.63, 3.8) is 0 Å². The highest BCUT2D eigenvalue weighted by atomic mass is 32.2. The van der Waals surface area contributed by atoms with Gasteiger partial charge in [-0.25, -0.2) is 4.98 Å². The van der Waals surface area contributed by atoms with E-state index >= 15 is 0 Å². The number of nitrogens with zero attached hydrogens (tertiary/aromatic N) is 1. The van der Waals surface area contributed by atoms with Crippen LogP contribution >= 0.6 is 23.1 Å². The number of aromatic nitrogens is 1. The van der Waals surface area contributed by atoms with Crippen LogP contribution in [0.4, 0.5) is 0 Å². The zero-order chi connectivity index (χ0) is 12.2. The van der Waals surface area contributed by atoms with Crippen molar-refractivity contribution in [2.75, 3.05) is 6.54 Å². The van der Waals surface area contributed by atoms with E-state index in [0.717, 1.165) is 12.3 Å². The van der Waals surface area contributed by atoms with Gasteiger partial charge in [0.05, 0.1) is 11.2 Å². The summed E-state index contributed by atoms with van der Waals surface area (Å²) >= 11 is 3.72. The maximum Gasteiger partial charge on any atom is 0.103 e. The molecule has 0 fully saturated rings. The molecule has 0 saturated heterocycles. The molecule has 0 aliphatic carbocycles. The zero-order valence-corrected chi connectivity index (χ0v) is 12.5. The second-order valence-electron chi connectivity index (χ2n) is 4.64. The molecule has 1 heterocycles. The summed E-state index contributed by atoms with van der Waals surface area (Å²) < 4.78 is 0. The van der Waals surface area contributed by atoms with Gasteiger partial charge in [-0.15, -0.1) is 11.3 Å². The van der Waals surface area contributed by atoms with Gasteiger partial charge in [0.1, 0.15) is 5.01 Å². The summed E-state index contributed by atoms with van der Waals surface area (Å²) in [7, 11) is 0. The average molecular weight is 258 g/mol. The van der Waals surface area contributed by atoms with E-state index in [2.05, 4.69) is 45.3 Å². The fraction of sp³-hybridized carbons (Fsp3) is 0.750. The molecule has 92 valence electrons. The Morgan fingerprint density at radius 2 is 2.19 bits per heavy atom. The molecule has 16 heavy (non-hydrogen) atoms. The number of thioether (sulfide) groups is 1. The predicted molar refractivity (Wildman–Crippen MR) is 75.2 cm³/mol. The van der Waals surface area contributed by atoms with Crippen LogP contribution in [0.3, 0.4) is 0 Å². The van der Waals surface area contributed by atoms with Crippen molar-refractivity contribution in [3.8, 4) is 0 Å². The van der Waals surface area contributed by atoms with Gasteiger partial charge in [0.15, 0.2) is 0 Å². The fourth-order valence-corrected chi connectivity index (χ4v) is 3.20. The largest absolute Gasteiger partial charge is 0.307 e. The van der Waals surface area contributed by atoms with Gasteiger partial charge >= 0.3 is 0 Å². The van der Waals surface area contributed by atoms with Crippen molar-refractivity contribution in [1.29, 1.82) is 0 Å². The molecule has 0 aliphatic heterocycles. The van der Waals surface area contributed by atoms with Crippen LogP contribution in [0.1, 0.15) is 45.3 Å². The highest BCUT2D eigenvalue weighted by Crippen LogP contribution is 2.25. The first kappa shape index (κ1) is 14.0. The molecule has 0 bridgehead atoms. The second kappa shape index (κ2) is 6.03. The lowest BCUT2D eigenvalue weighted by Crippen LogP contribution is -2.36. The third-order valence-corrected chi connectivity index (χ3v) is 4.49. The Morgan fingerprint density at radius 3 is 2.75 bits per heavy atom. The molecule has 4 heteroatoms. The zero-order valence-electron chi connectivity index (χ0n) is 10.8. The molecule has 0 aliphatic rings. The van der Waals surface area contributed by atoms with E-state index in [-0.39, 0.29) is 5.54 Å². The van der Waals surface area contributed by atoms with Crippen LogP contribution in [-0.2, 0) is 11.3 Å². The SMILES string of the molecule is CCNC(C)(C)c1csc(CSC(C)C)n1. The molecular weight excluding hydrogens is 236 g/mol. The topological polar surface area (TPSA) is 24.9 Å². The smallest absolute Gasteiger partial charge is 0.103 e. The van der Waals surface area contributed by atoms with Gasteiger partial charge in [-0.05, 0) is 25.6 Å². The first-order chi connectivity index (χ1) is 7.45. The van der Waals surface area contributed by atoms with Crippen LogP contribution in [0.15, 0.2) is 5.38 Å². The molecule has 0 amide bonds. The summed E-state index contributed by atoms with van der Waals surface area (Å²) in [5.74, 6) is 1.03.